The number of nitrogens with zero attached hydrogens (tertiary/aromatic N) is 1. The van der Waals surface area contributed by atoms with Crippen LogP contribution in [-0.4, -0.2) is 44.2 Å². The van der Waals surface area contributed by atoms with Crippen LogP contribution in [0, 0.1) is 11.8 Å². The third-order valence-corrected chi connectivity index (χ3v) is 4.21. The smallest absolute Gasteiger partial charge is 0.227 e. The summed E-state index contributed by atoms with van der Waals surface area (Å²) in [5.74, 6) is 0.591. The number of hydrogen-bond donors (Lipinski definition) is 1. The van der Waals surface area contributed by atoms with Crippen LogP contribution < -0.4 is 5.73 Å². The molecule has 1 saturated heterocycles. The van der Waals surface area contributed by atoms with Gasteiger partial charge in [-0.25, -0.2) is 0 Å². The zero-order valence-electron chi connectivity index (χ0n) is 12.8. The van der Waals surface area contributed by atoms with Gasteiger partial charge in [-0.05, 0) is 30.7 Å². The molecule has 21 heavy (non-hydrogen) atoms. The summed E-state index contributed by atoms with van der Waals surface area (Å²) in [4.78, 5) is 14.4. The summed E-state index contributed by atoms with van der Waals surface area (Å²) in [6.07, 6.45) is 2.81. The number of carbonyl (C=O) groups excluding carboxylic acids is 1. The minimum atomic E-state index is -0.128. The first kappa shape index (κ1) is 16.0. The highest BCUT2D eigenvalue weighted by Crippen LogP contribution is 2.17. The fourth-order valence-corrected chi connectivity index (χ4v) is 2.89. The second-order valence-corrected chi connectivity index (χ2v) is 5.90. The van der Waals surface area contributed by atoms with E-state index < -0.39 is 0 Å². The van der Waals surface area contributed by atoms with Gasteiger partial charge in [-0.3, -0.25) is 4.79 Å². The van der Waals surface area contributed by atoms with Gasteiger partial charge in [0, 0.05) is 33.4 Å². The lowest BCUT2D eigenvalue weighted by Crippen LogP contribution is -2.41. The molecule has 1 atom stereocenters. The third-order valence-electron chi connectivity index (χ3n) is 4.21. The highest BCUT2D eigenvalue weighted by molar-refractivity contribution is 5.79. The van der Waals surface area contributed by atoms with Gasteiger partial charge in [0.25, 0.3) is 0 Å². The zero-order valence-corrected chi connectivity index (χ0v) is 12.8. The Morgan fingerprint density at radius 2 is 2.00 bits per heavy atom. The van der Waals surface area contributed by atoms with Gasteiger partial charge in [0.05, 0.1) is 5.92 Å². The molecule has 0 bridgehead atoms. The summed E-state index contributed by atoms with van der Waals surface area (Å²) in [5.41, 5.74) is 6.99. The van der Waals surface area contributed by atoms with Gasteiger partial charge in [-0.1, -0.05) is 30.3 Å². The summed E-state index contributed by atoms with van der Waals surface area (Å²) in [7, 11) is 1.89. The first-order valence-corrected chi connectivity index (χ1v) is 7.77. The van der Waals surface area contributed by atoms with Crippen molar-refractivity contribution >= 4 is 5.91 Å². The lowest BCUT2D eigenvalue weighted by molar-refractivity contribution is -0.134. The molecule has 1 unspecified atom stereocenters. The summed E-state index contributed by atoms with van der Waals surface area (Å²) in [5, 5.41) is 0. The molecule has 4 nitrogen and oxygen atoms in total. The molecule has 0 spiro atoms. The zero-order chi connectivity index (χ0) is 15.1. The van der Waals surface area contributed by atoms with Crippen LogP contribution in [0.4, 0.5) is 0 Å². The normalized spacial score (nSPS) is 17.4. The molecule has 1 heterocycles. The van der Waals surface area contributed by atoms with Gasteiger partial charge in [0.1, 0.15) is 0 Å². The monoisotopic (exact) mass is 290 g/mol. The summed E-state index contributed by atoms with van der Waals surface area (Å²) in [6, 6.07) is 10.1. The van der Waals surface area contributed by atoms with E-state index in [0.717, 1.165) is 32.6 Å². The van der Waals surface area contributed by atoms with Gasteiger partial charge in [-0.15, -0.1) is 0 Å². The number of carbonyl (C=O) groups is 1. The quantitative estimate of drug-likeness (QED) is 0.867. The summed E-state index contributed by atoms with van der Waals surface area (Å²) >= 11 is 0. The molecule has 0 aromatic heterocycles. The van der Waals surface area contributed by atoms with Crippen molar-refractivity contribution in [3.63, 3.8) is 0 Å². The highest BCUT2D eigenvalue weighted by atomic mass is 16.5. The van der Waals surface area contributed by atoms with E-state index >= 15 is 0 Å². The Balaban J connectivity index is 1.89. The minimum absolute atomic E-state index is 0.128. The Kier molecular flexibility index (Phi) is 6.21. The van der Waals surface area contributed by atoms with Crippen LogP contribution >= 0.6 is 0 Å². The van der Waals surface area contributed by atoms with Crippen molar-refractivity contribution in [2.75, 3.05) is 33.4 Å². The standard InChI is InChI=1S/C17H26N2O2/c1-19(13-15-7-9-21-10-8-15)17(20)16(12-18)11-14-5-3-2-4-6-14/h2-6,15-16H,7-13,18H2,1H3. The van der Waals surface area contributed by atoms with Gasteiger partial charge >= 0.3 is 0 Å². The molecule has 1 fully saturated rings. The maximum absolute atomic E-state index is 12.6. The topological polar surface area (TPSA) is 55.6 Å². The maximum atomic E-state index is 12.6. The Labute approximate surface area is 127 Å². The lowest BCUT2D eigenvalue weighted by atomic mass is 9.96. The van der Waals surface area contributed by atoms with Crippen molar-refractivity contribution in [3.05, 3.63) is 35.9 Å². The van der Waals surface area contributed by atoms with Crippen molar-refractivity contribution in [2.45, 2.75) is 19.3 Å². The number of rotatable bonds is 6. The van der Waals surface area contributed by atoms with E-state index in [1.165, 1.54) is 5.56 Å². The van der Waals surface area contributed by atoms with Crippen molar-refractivity contribution in [2.24, 2.45) is 17.6 Å². The van der Waals surface area contributed by atoms with E-state index in [0.29, 0.717) is 18.9 Å². The molecule has 1 aliphatic rings. The Morgan fingerprint density at radius 1 is 1.33 bits per heavy atom. The van der Waals surface area contributed by atoms with E-state index in [1.54, 1.807) is 0 Å². The molecule has 0 radical (unpaired) electrons. The van der Waals surface area contributed by atoms with E-state index in [-0.39, 0.29) is 11.8 Å². The second-order valence-electron chi connectivity index (χ2n) is 5.90. The summed E-state index contributed by atoms with van der Waals surface area (Å²) < 4.78 is 5.37. The second kappa shape index (κ2) is 8.15. The molecule has 1 amide bonds. The molecule has 0 aliphatic carbocycles. The number of nitrogens with two attached hydrogens (primary N) is 1. The Morgan fingerprint density at radius 3 is 2.62 bits per heavy atom. The first-order valence-electron chi connectivity index (χ1n) is 7.77. The molecule has 2 rings (SSSR count). The van der Waals surface area contributed by atoms with Gasteiger partial charge in [-0.2, -0.15) is 0 Å². The average molecular weight is 290 g/mol. The van der Waals surface area contributed by atoms with Gasteiger partial charge in [0.15, 0.2) is 0 Å². The number of hydrogen-bond acceptors (Lipinski definition) is 3. The van der Waals surface area contributed by atoms with Crippen LogP contribution in [-0.2, 0) is 16.0 Å². The molecule has 116 valence electrons. The SMILES string of the molecule is CN(CC1CCOCC1)C(=O)C(CN)Cc1ccccc1. The Hall–Kier alpha value is -1.39. The maximum Gasteiger partial charge on any atom is 0.227 e. The lowest BCUT2D eigenvalue weighted by Gasteiger charge is -2.29. The van der Waals surface area contributed by atoms with Crippen molar-refractivity contribution in [1.82, 2.24) is 4.90 Å². The molecular formula is C17H26N2O2. The van der Waals surface area contributed by atoms with Crippen LogP contribution in [0.1, 0.15) is 18.4 Å². The van der Waals surface area contributed by atoms with E-state index in [9.17, 15) is 4.79 Å². The Bertz CT molecular complexity index is 430. The number of ether oxygens (including phenoxy) is 1. The average Bonchev–Trinajstić information content (AvgIpc) is 2.54. The number of amides is 1. The fourth-order valence-electron chi connectivity index (χ4n) is 2.89. The predicted octanol–water partition coefficient (Wildman–Crippen LogP) is 1.69. The van der Waals surface area contributed by atoms with Crippen LogP contribution in [0.15, 0.2) is 30.3 Å². The molecule has 2 N–H and O–H groups in total. The molecule has 1 aromatic carbocycles. The van der Waals surface area contributed by atoms with Gasteiger partial charge in [0.2, 0.25) is 5.91 Å². The van der Waals surface area contributed by atoms with Gasteiger partial charge < -0.3 is 15.4 Å². The van der Waals surface area contributed by atoms with Crippen LogP contribution in [0.3, 0.4) is 0 Å². The first-order chi connectivity index (χ1) is 10.2. The molecule has 1 aliphatic heterocycles. The van der Waals surface area contributed by atoms with Crippen LogP contribution in [0.5, 0.6) is 0 Å². The van der Waals surface area contributed by atoms with Crippen molar-refractivity contribution in [1.29, 1.82) is 0 Å². The van der Waals surface area contributed by atoms with E-state index in [1.807, 2.05) is 30.1 Å². The van der Waals surface area contributed by atoms with Crippen molar-refractivity contribution in [3.8, 4) is 0 Å². The molecular weight excluding hydrogens is 264 g/mol. The minimum Gasteiger partial charge on any atom is -0.381 e. The molecule has 4 heteroatoms. The van der Waals surface area contributed by atoms with Crippen molar-refractivity contribution < 1.29 is 9.53 Å². The van der Waals surface area contributed by atoms with E-state index in [2.05, 4.69) is 12.1 Å². The molecule has 1 aromatic rings. The number of benzene rings is 1. The fraction of sp³-hybridized carbons (Fsp3) is 0.588. The largest absolute Gasteiger partial charge is 0.381 e. The van der Waals surface area contributed by atoms with Crippen LogP contribution in [0.25, 0.3) is 0 Å². The van der Waals surface area contributed by atoms with Crippen LogP contribution in [0.2, 0.25) is 0 Å². The summed E-state index contributed by atoms with van der Waals surface area (Å²) in [6.45, 7) is 2.84. The molecule has 0 saturated carbocycles. The van der Waals surface area contributed by atoms with E-state index in [4.69, 9.17) is 10.5 Å². The third kappa shape index (κ3) is 4.83. The highest BCUT2D eigenvalue weighted by Gasteiger charge is 2.24. The predicted molar refractivity (Wildman–Crippen MR) is 83.9 cm³/mol.